The summed E-state index contributed by atoms with van der Waals surface area (Å²) in [6.45, 7) is 3.09. The molecule has 182 valence electrons. The molecule has 2 aromatic carbocycles. The average molecular weight is 470 g/mol. The van der Waals surface area contributed by atoms with Gasteiger partial charge in [0.1, 0.15) is 0 Å². The SMILES string of the molecule is Cc1ccc(CN)c2cc[nH]c12.Cn1c(=O)n(C)c2cc(CNC3CCCCC3(F)F)ccc21. The van der Waals surface area contributed by atoms with Crippen molar-refractivity contribution in [3.05, 3.63) is 69.8 Å². The second-order valence-electron chi connectivity index (χ2n) is 9.18. The van der Waals surface area contributed by atoms with E-state index in [4.69, 9.17) is 5.73 Å². The molecule has 1 unspecified atom stereocenters. The average Bonchev–Trinajstić information content (AvgIpc) is 3.40. The molecule has 0 aliphatic heterocycles. The monoisotopic (exact) mass is 469 g/mol. The van der Waals surface area contributed by atoms with Gasteiger partial charge in [0.15, 0.2) is 0 Å². The number of fused-ring (bicyclic) bond motifs is 2. The van der Waals surface area contributed by atoms with Crippen molar-refractivity contribution in [1.29, 1.82) is 0 Å². The first kappa shape index (κ1) is 24.2. The van der Waals surface area contributed by atoms with Crippen molar-refractivity contribution in [3.63, 3.8) is 0 Å². The van der Waals surface area contributed by atoms with Crippen LogP contribution in [0.5, 0.6) is 0 Å². The molecule has 1 atom stereocenters. The number of benzene rings is 2. The molecule has 1 aliphatic carbocycles. The first-order valence-corrected chi connectivity index (χ1v) is 11.7. The quantitative estimate of drug-likeness (QED) is 0.412. The summed E-state index contributed by atoms with van der Waals surface area (Å²) in [7, 11) is 3.45. The normalized spacial score (nSPS) is 17.6. The van der Waals surface area contributed by atoms with Gasteiger partial charge in [-0.3, -0.25) is 9.13 Å². The van der Waals surface area contributed by atoms with Crippen LogP contribution in [0.1, 0.15) is 42.4 Å². The number of hydrogen-bond acceptors (Lipinski definition) is 3. The Hall–Kier alpha value is -2.97. The Balaban J connectivity index is 0.000000192. The molecule has 4 aromatic rings. The van der Waals surface area contributed by atoms with Crippen molar-refractivity contribution >= 4 is 21.9 Å². The van der Waals surface area contributed by atoms with Crippen LogP contribution in [0, 0.1) is 6.92 Å². The van der Waals surface area contributed by atoms with E-state index in [1.165, 1.54) is 22.0 Å². The van der Waals surface area contributed by atoms with Gasteiger partial charge >= 0.3 is 5.69 Å². The number of aromatic amines is 1. The highest BCUT2D eigenvalue weighted by atomic mass is 19.3. The molecule has 2 aromatic heterocycles. The largest absolute Gasteiger partial charge is 0.361 e. The van der Waals surface area contributed by atoms with Crippen LogP contribution in [-0.2, 0) is 27.2 Å². The van der Waals surface area contributed by atoms with Gasteiger partial charge in [-0.15, -0.1) is 0 Å². The number of H-pyrrole nitrogens is 1. The van der Waals surface area contributed by atoms with Gasteiger partial charge in [0.2, 0.25) is 0 Å². The summed E-state index contributed by atoms with van der Waals surface area (Å²) in [5.74, 6) is -2.62. The minimum Gasteiger partial charge on any atom is -0.361 e. The maximum atomic E-state index is 13.8. The molecule has 0 saturated heterocycles. The lowest BCUT2D eigenvalue weighted by molar-refractivity contribution is -0.0640. The number of imidazole rings is 1. The highest BCUT2D eigenvalue weighted by Crippen LogP contribution is 2.33. The van der Waals surface area contributed by atoms with Crippen LogP contribution < -0.4 is 16.7 Å². The predicted molar refractivity (Wildman–Crippen MR) is 133 cm³/mol. The fourth-order valence-electron chi connectivity index (χ4n) is 4.79. The molecule has 1 saturated carbocycles. The first-order valence-electron chi connectivity index (χ1n) is 11.7. The van der Waals surface area contributed by atoms with E-state index >= 15 is 0 Å². The van der Waals surface area contributed by atoms with Gasteiger partial charge in [0, 0.05) is 50.7 Å². The van der Waals surface area contributed by atoms with E-state index in [9.17, 15) is 13.6 Å². The van der Waals surface area contributed by atoms with Crippen molar-refractivity contribution in [2.75, 3.05) is 0 Å². The Morgan fingerprint density at radius 1 is 1.12 bits per heavy atom. The number of rotatable bonds is 4. The summed E-state index contributed by atoms with van der Waals surface area (Å²) in [5, 5.41) is 4.24. The van der Waals surface area contributed by atoms with Crippen molar-refractivity contribution < 1.29 is 8.78 Å². The highest BCUT2D eigenvalue weighted by Gasteiger charge is 2.40. The summed E-state index contributed by atoms with van der Waals surface area (Å²) >= 11 is 0. The van der Waals surface area contributed by atoms with Crippen LogP contribution in [0.4, 0.5) is 8.78 Å². The van der Waals surface area contributed by atoms with E-state index in [2.05, 4.69) is 35.4 Å². The van der Waals surface area contributed by atoms with Gasteiger partial charge in [-0.25, -0.2) is 13.6 Å². The van der Waals surface area contributed by atoms with Gasteiger partial charge in [-0.05, 0) is 54.7 Å². The van der Waals surface area contributed by atoms with Crippen LogP contribution in [0.2, 0.25) is 0 Å². The number of nitrogens with zero attached hydrogens (tertiary/aromatic N) is 2. The van der Waals surface area contributed by atoms with E-state index < -0.39 is 12.0 Å². The molecule has 0 bridgehead atoms. The van der Waals surface area contributed by atoms with Crippen molar-refractivity contribution in [2.24, 2.45) is 19.8 Å². The van der Waals surface area contributed by atoms with Crippen molar-refractivity contribution in [1.82, 2.24) is 19.4 Å². The fourth-order valence-corrected chi connectivity index (χ4v) is 4.79. The molecular formula is C26H33F2N5O. The van der Waals surface area contributed by atoms with Crippen molar-refractivity contribution in [2.45, 2.75) is 57.7 Å². The second kappa shape index (κ2) is 9.72. The number of nitrogens with one attached hydrogen (secondary N) is 2. The van der Waals surface area contributed by atoms with E-state index in [0.717, 1.165) is 23.0 Å². The van der Waals surface area contributed by atoms with Gasteiger partial charge in [-0.2, -0.15) is 0 Å². The molecule has 5 rings (SSSR count). The van der Waals surface area contributed by atoms with Crippen LogP contribution in [0.25, 0.3) is 21.9 Å². The lowest BCUT2D eigenvalue weighted by Gasteiger charge is -2.32. The topological polar surface area (TPSA) is 80.8 Å². The Kier molecular flexibility index (Phi) is 6.91. The molecule has 4 N–H and O–H groups in total. The van der Waals surface area contributed by atoms with Crippen LogP contribution >= 0.6 is 0 Å². The minimum atomic E-state index is -2.62. The van der Waals surface area contributed by atoms with E-state index in [0.29, 0.717) is 25.9 Å². The molecule has 2 heterocycles. The third-order valence-electron chi connectivity index (χ3n) is 6.89. The molecule has 0 amide bonds. The van der Waals surface area contributed by atoms with Crippen LogP contribution in [-0.4, -0.2) is 26.1 Å². The molecule has 0 radical (unpaired) electrons. The summed E-state index contributed by atoms with van der Waals surface area (Å²) in [5.41, 5.74) is 11.8. The Bertz CT molecular complexity index is 1350. The van der Waals surface area contributed by atoms with Gasteiger partial charge in [-0.1, -0.05) is 24.6 Å². The molecule has 8 heteroatoms. The van der Waals surface area contributed by atoms with Crippen LogP contribution in [0.3, 0.4) is 0 Å². The zero-order chi connectivity index (χ0) is 24.5. The molecule has 6 nitrogen and oxygen atoms in total. The van der Waals surface area contributed by atoms with E-state index in [1.807, 2.05) is 24.4 Å². The molecule has 1 fully saturated rings. The fraction of sp³-hybridized carbons (Fsp3) is 0.423. The third kappa shape index (κ3) is 4.65. The minimum absolute atomic E-state index is 0.0309. The third-order valence-corrected chi connectivity index (χ3v) is 6.89. The number of aromatic nitrogens is 3. The smallest absolute Gasteiger partial charge is 0.328 e. The number of halogens is 2. The predicted octanol–water partition coefficient (Wildman–Crippen LogP) is 4.48. The maximum Gasteiger partial charge on any atom is 0.328 e. The molecule has 0 spiro atoms. The standard InChI is InChI=1S/C16H21F2N3O.C10H12N2/c1-20-12-7-6-11(9-13(12)21(2)15(20)22)10-19-14-5-3-4-8-16(14,17)18;1-7-2-3-8(6-11)9-4-5-12-10(7)9/h6-7,9,14,19H,3-5,8,10H2,1-2H3;2-5,12H,6,11H2,1H3. The van der Waals surface area contributed by atoms with E-state index in [-0.39, 0.29) is 12.1 Å². The lowest BCUT2D eigenvalue weighted by Crippen LogP contribution is -2.46. The molecule has 34 heavy (non-hydrogen) atoms. The number of nitrogens with two attached hydrogens (primary N) is 1. The van der Waals surface area contributed by atoms with Gasteiger partial charge in [0.05, 0.1) is 17.1 Å². The summed E-state index contributed by atoms with van der Waals surface area (Å²) in [6, 6.07) is 11.2. The number of aryl methyl sites for hydroxylation is 3. The molecule has 1 aliphatic rings. The number of alkyl halides is 2. The zero-order valence-electron chi connectivity index (χ0n) is 20.0. The first-order chi connectivity index (χ1) is 16.2. The lowest BCUT2D eigenvalue weighted by atomic mass is 9.91. The zero-order valence-corrected chi connectivity index (χ0v) is 20.0. The Labute approximate surface area is 197 Å². The summed E-state index contributed by atoms with van der Waals surface area (Å²) < 4.78 is 30.8. The summed E-state index contributed by atoms with van der Waals surface area (Å²) in [6.07, 6.45) is 3.88. The number of hydrogen-bond donors (Lipinski definition) is 3. The molecular weight excluding hydrogens is 436 g/mol. The van der Waals surface area contributed by atoms with Gasteiger partial charge in [0.25, 0.3) is 5.92 Å². The summed E-state index contributed by atoms with van der Waals surface area (Å²) in [4.78, 5) is 15.1. The Morgan fingerprint density at radius 3 is 2.62 bits per heavy atom. The second-order valence-corrected chi connectivity index (χ2v) is 9.18. The van der Waals surface area contributed by atoms with E-state index in [1.54, 1.807) is 23.2 Å². The maximum absolute atomic E-state index is 13.8. The van der Waals surface area contributed by atoms with Gasteiger partial charge < -0.3 is 16.0 Å². The Morgan fingerprint density at radius 2 is 1.88 bits per heavy atom. The van der Waals surface area contributed by atoms with Crippen LogP contribution in [0.15, 0.2) is 47.4 Å². The van der Waals surface area contributed by atoms with Crippen molar-refractivity contribution in [3.8, 4) is 0 Å². The highest BCUT2D eigenvalue weighted by molar-refractivity contribution is 5.85.